The van der Waals surface area contributed by atoms with Crippen LogP contribution in [0.1, 0.15) is 30.1 Å². The summed E-state index contributed by atoms with van der Waals surface area (Å²) in [6.07, 6.45) is 2.17. The van der Waals surface area contributed by atoms with Crippen molar-refractivity contribution in [1.29, 1.82) is 0 Å². The molecular formula is C17H25IN4O. The minimum atomic E-state index is 0. The highest BCUT2D eigenvalue weighted by molar-refractivity contribution is 14.0. The molecule has 1 saturated heterocycles. The highest BCUT2D eigenvalue weighted by Gasteiger charge is 2.34. The van der Waals surface area contributed by atoms with Crippen molar-refractivity contribution in [3.05, 3.63) is 35.9 Å². The van der Waals surface area contributed by atoms with Crippen molar-refractivity contribution in [2.24, 2.45) is 10.9 Å². The predicted molar refractivity (Wildman–Crippen MR) is 103 cm³/mol. The Labute approximate surface area is 154 Å². The van der Waals surface area contributed by atoms with Crippen molar-refractivity contribution in [2.45, 2.75) is 31.8 Å². The van der Waals surface area contributed by atoms with Crippen LogP contribution in [0.25, 0.3) is 0 Å². The molecule has 1 heterocycles. The number of halogens is 1. The van der Waals surface area contributed by atoms with E-state index in [-0.39, 0.29) is 35.9 Å². The van der Waals surface area contributed by atoms with Crippen molar-refractivity contribution < 1.29 is 4.79 Å². The second-order valence-electron chi connectivity index (χ2n) is 6.28. The van der Waals surface area contributed by atoms with Gasteiger partial charge < -0.3 is 15.5 Å². The first-order valence-corrected chi connectivity index (χ1v) is 8.01. The third-order valence-corrected chi connectivity index (χ3v) is 4.49. The van der Waals surface area contributed by atoms with E-state index in [1.165, 1.54) is 6.42 Å². The van der Waals surface area contributed by atoms with Crippen LogP contribution >= 0.6 is 24.0 Å². The molecule has 3 rings (SSSR count). The molecule has 1 saturated carbocycles. The van der Waals surface area contributed by atoms with E-state index in [0.717, 1.165) is 37.0 Å². The molecule has 1 amide bonds. The van der Waals surface area contributed by atoms with Gasteiger partial charge in [0.1, 0.15) is 0 Å². The fourth-order valence-electron chi connectivity index (χ4n) is 2.89. The van der Waals surface area contributed by atoms with Crippen LogP contribution in [0, 0.1) is 5.92 Å². The van der Waals surface area contributed by atoms with Gasteiger partial charge in [0.05, 0.1) is 0 Å². The fraction of sp³-hybridized carbons (Fsp3) is 0.529. The van der Waals surface area contributed by atoms with Gasteiger partial charge in [0.15, 0.2) is 5.96 Å². The van der Waals surface area contributed by atoms with Gasteiger partial charge in [-0.05, 0) is 30.9 Å². The van der Waals surface area contributed by atoms with E-state index in [4.69, 9.17) is 0 Å². The van der Waals surface area contributed by atoms with Crippen molar-refractivity contribution in [1.82, 2.24) is 15.5 Å². The lowest BCUT2D eigenvalue weighted by Gasteiger charge is -2.19. The van der Waals surface area contributed by atoms with E-state index < -0.39 is 0 Å². The molecule has 0 radical (unpaired) electrons. The van der Waals surface area contributed by atoms with E-state index in [2.05, 4.69) is 22.5 Å². The Morgan fingerprint density at radius 3 is 2.57 bits per heavy atom. The topological polar surface area (TPSA) is 56.7 Å². The monoisotopic (exact) mass is 428 g/mol. The smallest absolute Gasteiger partial charge is 0.253 e. The summed E-state index contributed by atoms with van der Waals surface area (Å²) in [4.78, 5) is 18.6. The van der Waals surface area contributed by atoms with E-state index in [9.17, 15) is 4.79 Å². The maximum absolute atomic E-state index is 12.4. The summed E-state index contributed by atoms with van der Waals surface area (Å²) >= 11 is 0. The van der Waals surface area contributed by atoms with Crippen LogP contribution < -0.4 is 10.6 Å². The lowest BCUT2D eigenvalue weighted by atomic mass is 10.2. The van der Waals surface area contributed by atoms with Crippen molar-refractivity contribution >= 4 is 35.8 Å². The SMILES string of the molecule is CN=C(NC1CCN(C(=O)c2ccccc2)C1)NC1CC1C.I. The standard InChI is InChI=1S/C17H24N4O.HI/c1-12-10-15(12)20-17(18-2)19-14-8-9-21(11-14)16(22)13-6-4-3-5-7-13;/h3-7,12,14-15H,8-11H2,1-2H3,(H2,18,19,20);1H. The van der Waals surface area contributed by atoms with Crippen molar-refractivity contribution in [2.75, 3.05) is 20.1 Å². The van der Waals surface area contributed by atoms with Gasteiger partial charge in [0.2, 0.25) is 0 Å². The maximum atomic E-state index is 12.4. The first-order chi connectivity index (χ1) is 10.7. The number of amides is 1. The Morgan fingerprint density at radius 1 is 1.26 bits per heavy atom. The van der Waals surface area contributed by atoms with Crippen LogP contribution in [-0.4, -0.2) is 49.0 Å². The van der Waals surface area contributed by atoms with Crippen LogP contribution in [0.4, 0.5) is 0 Å². The number of carbonyl (C=O) groups is 1. The first-order valence-electron chi connectivity index (χ1n) is 8.01. The van der Waals surface area contributed by atoms with Crippen LogP contribution in [-0.2, 0) is 0 Å². The van der Waals surface area contributed by atoms with Gasteiger partial charge in [0.25, 0.3) is 5.91 Å². The van der Waals surface area contributed by atoms with Gasteiger partial charge in [-0.15, -0.1) is 24.0 Å². The molecule has 2 aliphatic rings. The molecule has 1 aliphatic carbocycles. The highest BCUT2D eigenvalue weighted by Crippen LogP contribution is 2.28. The number of carbonyl (C=O) groups excluding carboxylic acids is 1. The lowest BCUT2D eigenvalue weighted by Crippen LogP contribution is -2.46. The van der Waals surface area contributed by atoms with Gasteiger partial charge in [-0.3, -0.25) is 9.79 Å². The number of guanidine groups is 1. The first kappa shape index (κ1) is 18.0. The zero-order chi connectivity index (χ0) is 15.5. The maximum Gasteiger partial charge on any atom is 0.253 e. The molecule has 126 valence electrons. The molecule has 0 bridgehead atoms. The van der Waals surface area contributed by atoms with E-state index in [1.54, 1.807) is 7.05 Å². The zero-order valence-corrected chi connectivity index (χ0v) is 16.0. The van der Waals surface area contributed by atoms with Crippen LogP contribution in [0.5, 0.6) is 0 Å². The Morgan fingerprint density at radius 2 is 1.96 bits per heavy atom. The quantitative estimate of drug-likeness (QED) is 0.441. The number of rotatable bonds is 3. The third-order valence-electron chi connectivity index (χ3n) is 4.49. The normalized spacial score (nSPS) is 26.4. The number of hydrogen-bond acceptors (Lipinski definition) is 2. The molecule has 5 nitrogen and oxygen atoms in total. The Bertz CT molecular complexity index is 563. The zero-order valence-electron chi connectivity index (χ0n) is 13.7. The van der Waals surface area contributed by atoms with E-state index in [1.807, 2.05) is 35.2 Å². The summed E-state index contributed by atoms with van der Waals surface area (Å²) in [5.74, 6) is 1.70. The number of benzene rings is 1. The van der Waals surface area contributed by atoms with Gasteiger partial charge in [-0.1, -0.05) is 25.1 Å². The molecule has 2 N–H and O–H groups in total. The second-order valence-corrected chi connectivity index (χ2v) is 6.28. The number of hydrogen-bond donors (Lipinski definition) is 2. The van der Waals surface area contributed by atoms with Gasteiger partial charge in [-0.2, -0.15) is 0 Å². The van der Waals surface area contributed by atoms with Gasteiger partial charge in [0, 0.05) is 37.8 Å². The summed E-state index contributed by atoms with van der Waals surface area (Å²) in [5, 5.41) is 6.87. The molecule has 3 unspecified atom stereocenters. The largest absolute Gasteiger partial charge is 0.353 e. The van der Waals surface area contributed by atoms with Crippen molar-refractivity contribution in [3.63, 3.8) is 0 Å². The molecule has 3 atom stereocenters. The fourth-order valence-corrected chi connectivity index (χ4v) is 2.89. The highest BCUT2D eigenvalue weighted by atomic mass is 127. The predicted octanol–water partition coefficient (Wildman–Crippen LogP) is 2.09. The van der Waals surface area contributed by atoms with Crippen molar-refractivity contribution in [3.8, 4) is 0 Å². The summed E-state index contributed by atoms with van der Waals surface area (Å²) in [5.41, 5.74) is 0.762. The van der Waals surface area contributed by atoms with Gasteiger partial charge in [-0.25, -0.2) is 0 Å². The van der Waals surface area contributed by atoms with E-state index in [0.29, 0.717) is 6.04 Å². The van der Waals surface area contributed by atoms with Gasteiger partial charge >= 0.3 is 0 Å². The minimum absolute atomic E-state index is 0. The summed E-state index contributed by atoms with van der Waals surface area (Å²) in [6.45, 7) is 3.76. The molecule has 1 aliphatic heterocycles. The number of likely N-dealkylation sites (tertiary alicyclic amines) is 1. The summed E-state index contributed by atoms with van der Waals surface area (Å²) in [6, 6.07) is 10.3. The van der Waals surface area contributed by atoms with Crippen LogP contribution in [0.3, 0.4) is 0 Å². The number of aliphatic imine (C=N–C) groups is 1. The third kappa shape index (κ3) is 4.59. The Balaban J connectivity index is 0.00000192. The van der Waals surface area contributed by atoms with Crippen LogP contribution in [0.15, 0.2) is 35.3 Å². The average Bonchev–Trinajstić information content (AvgIpc) is 3.04. The lowest BCUT2D eigenvalue weighted by molar-refractivity contribution is 0.0790. The second kappa shape index (κ2) is 7.99. The molecule has 0 spiro atoms. The summed E-state index contributed by atoms with van der Waals surface area (Å²) in [7, 11) is 1.80. The minimum Gasteiger partial charge on any atom is -0.353 e. The Hall–Kier alpha value is -1.31. The molecular weight excluding hydrogens is 403 g/mol. The average molecular weight is 428 g/mol. The molecule has 1 aromatic carbocycles. The molecule has 0 aromatic heterocycles. The summed E-state index contributed by atoms with van der Waals surface area (Å²) < 4.78 is 0. The van der Waals surface area contributed by atoms with Crippen LogP contribution in [0.2, 0.25) is 0 Å². The number of nitrogens with one attached hydrogen (secondary N) is 2. The molecule has 2 fully saturated rings. The van der Waals surface area contributed by atoms with E-state index >= 15 is 0 Å². The molecule has 1 aromatic rings. The molecule has 23 heavy (non-hydrogen) atoms. The Kier molecular flexibility index (Phi) is 6.26. The number of nitrogens with zero attached hydrogens (tertiary/aromatic N) is 2. The molecule has 6 heteroatoms.